The second-order valence-corrected chi connectivity index (χ2v) is 6.41. The Balaban J connectivity index is 1.53. The quantitative estimate of drug-likeness (QED) is 0.927. The summed E-state index contributed by atoms with van der Waals surface area (Å²) in [6.45, 7) is 3.63. The lowest BCUT2D eigenvalue weighted by Crippen LogP contribution is -2.36. The van der Waals surface area contributed by atoms with Crippen molar-refractivity contribution in [1.29, 1.82) is 0 Å². The average molecular weight is 327 g/mol. The lowest BCUT2D eigenvalue weighted by Gasteiger charge is -2.21. The molecule has 120 valence electrons. The second-order valence-electron chi connectivity index (χ2n) is 6.00. The number of carbonyl (C=O) groups excluding carboxylic acids is 1. The molecule has 0 spiro atoms. The van der Waals surface area contributed by atoms with E-state index in [0.29, 0.717) is 17.6 Å². The third-order valence-electron chi connectivity index (χ3n) is 4.62. The van der Waals surface area contributed by atoms with Gasteiger partial charge in [-0.1, -0.05) is 11.6 Å². The number of hydrogen-bond acceptors (Lipinski definition) is 3. The maximum absolute atomic E-state index is 13.0. The van der Waals surface area contributed by atoms with Crippen LogP contribution >= 0.6 is 11.6 Å². The molecule has 0 bridgehead atoms. The largest absolute Gasteiger partial charge is 0.482 e. The van der Waals surface area contributed by atoms with Crippen molar-refractivity contribution in [2.24, 2.45) is 11.8 Å². The van der Waals surface area contributed by atoms with Crippen LogP contribution in [0.15, 0.2) is 18.2 Å². The van der Waals surface area contributed by atoms with E-state index in [0.717, 1.165) is 39.0 Å². The van der Waals surface area contributed by atoms with E-state index >= 15 is 0 Å². The molecule has 2 saturated heterocycles. The number of likely N-dealkylation sites (tertiary alicyclic amines) is 1. The van der Waals surface area contributed by atoms with Crippen LogP contribution in [-0.4, -0.2) is 43.6 Å². The zero-order valence-electron chi connectivity index (χ0n) is 12.4. The van der Waals surface area contributed by atoms with Crippen LogP contribution in [0, 0.1) is 17.7 Å². The van der Waals surface area contributed by atoms with E-state index in [2.05, 4.69) is 5.32 Å². The van der Waals surface area contributed by atoms with E-state index in [1.54, 1.807) is 0 Å². The predicted octanol–water partition coefficient (Wildman–Crippen LogP) is 2.32. The number of fused-ring (bicyclic) bond motifs is 1. The molecule has 2 aliphatic heterocycles. The molecule has 2 atom stereocenters. The first-order chi connectivity index (χ1) is 10.6. The third kappa shape index (κ3) is 3.52. The predicted molar refractivity (Wildman–Crippen MR) is 82.6 cm³/mol. The van der Waals surface area contributed by atoms with Gasteiger partial charge in [-0.3, -0.25) is 4.79 Å². The molecule has 6 heteroatoms. The van der Waals surface area contributed by atoms with Gasteiger partial charge >= 0.3 is 0 Å². The van der Waals surface area contributed by atoms with Crippen molar-refractivity contribution in [2.75, 3.05) is 32.8 Å². The van der Waals surface area contributed by atoms with Gasteiger partial charge in [0.2, 0.25) is 0 Å². The normalized spacial score (nSPS) is 24.7. The Bertz CT molecular complexity index is 541. The molecule has 22 heavy (non-hydrogen) atoms. The summed E-state index contributed by atoms with van der Waals surface area (Å²) in [5.41, 5.74) is 0. The van der Waals surface area contributed by atoms with Gasteiger partial charge in [0.15, 0.2) is 6.61 Å². The van der Waals surface area contributed by atoms with Crippen molar-refractivity contribution in [1.82, 2.24) is 10.2 Å². The lowest BCUT2D eigenvalue weighted by molar-refractivity contribution is -0.133. The summed E-state index contributed by atoms with van der Waals surface area (Å²) in [5, 5.41) is 3.60. The molecule has 1 aromatic carbocycles. The Morgan fingerprint density at radius 1 is 1.32 bits per heavy atom. The summed E-state index contributed by atoms with van der Waals surface area (Å²) in [6, 6.07) is 3.90. The Kier molecular flexibility index (Phi) is 4.84. The van der Waals surface area contributed by atoms with Gasteiger partial charge in [0.05, 0.1) is 5.02 Å². The molecular weight excluding hydrogens is 307 g/mol. The number of rotatable bonds is 3. The van der Waals surface area contributed by atoms with Gasteiger partial charge in [-0.05, 0) is 56.0 Å². The highest BCUT2D eigenvalue weighted by molar-refractivity contribution is 6.32. The van der Waals surface area contributed by atoms with Gasteiger partial charge in [-0.25, -0.2) is 4.39 Å². The summed E-state index contributed by atoms with van der Waals surface area (Å²) in [7, 11) is 0. The van der Waals surface area contributed by atoms with E-state index in [1.165, 1.54) is 18.2 Å². The fourth-order valence-electron chi connectivity index (χ4n) is 3.29. The Hall–Kier alpha value is -1.33. The van der Waals surface area contributed by atoms with E-state index < -0.39 is 5.82 Å². The molecule has 0 saturated carbocycles. The SMILES string of the molecule is O=C(COc1ccc(F)cc1Cl)N1CC[C@@H]2CNC[C@@H]2CC1. The van der Waals surface area contributed by atoms with Crippen LogP contribution in [-0.2, 0) is 4.79 Å². The molecule has 2 heterocycles. The van der Waals surface area contributed by atoms with Crippen molar-refractivity contribution in [2.45, 2.75) is 12.8 Å². The summed E-state index contributed by atoms with van der Waals surface area (Å²) in [4.78, 5) is 14.2. The number of nitrogens with zero attached hydrogens (tertiary/aromatic N) is 1. The average Bonchev–Trinajstić information content (AvgIpc) is 2.85. The third-order valence-corrected chi connectivity index (χ3v) is 4.91. The molecule has 1 aromatic rings. The number of amides is 1. The molecule has 0 aliphatic carbocycles. The summed E-state index contributed by atoms with van der Waals surface area (Å²) in [5.74, 6) is 1.26. The zero-order valence-corrected chi connectivity index (χ0v) is 13.1. The van der Waals surface area contributed by atoms with Crippen LogP contribution < -0.4 is 10.1 Å². The molecule has 3 rings (SSSR count). The first-order valence-corrected chi connectivity index (χ1v) is 8.07. The summed E-state index contributed by atoms with van der Waals surface area (Å²) in [6.07, 6.45) is 2.08. The number of halogens is 2. The van der Waals surface area contributed by atoms with Crippen LogP contribution in [0.2, 0.25) is 5.02 Å². The minimum Gasteiger partial charge on any atom is -0.482 e. The molecule has 2 fully saturated rings. The van der Waals surface area contributed by atoms with Gasteiger partial charge in [0.1, 0.15) is 11.6 Å². The number of ether oxygens (including phenoxy) is 1. The zero-order chi connectivity index (χ0) is 15.5. The van der Waals surface area contributed by atoms with Gasteiger partial charge in [-0.15, -0.1) is 0 Å². The monoisotopic (exact) mass is 326 g/mol. The van der Waals surface area contributed by atoms with E-state index in [1.807, 2.05) is 4.90 Å². The highest BCUT2D eigenvalue weighted by Gasteiger charge is 2.31. The molecule has 1 amide bonds. The van der Waals surface area contributed by atoms with Crippen LogP contribution in [0.25, 0.3) is 0 Å². The van der Waals surface area contributed by atoms with Crippen molar-refractivity contribution < 1.29 is 13.9 Å². The fraction of sp³-hybridized carbons (Fsp3) is 0.562. The van der Waals surface area contributed by atoms with E-state index in [9.17, 15) is 9.18 Å². The van der Waals surface area contributed by atoms with Crippen LogP contribution in [0.1, 0.15) is 12.8 Å². The van der Waals surface area contributed by atoms with Crippen molar-refractivity contribution in [3.05, 3.63) is 29.0 Å². The van der Waals surface area contributed by atoms with Gasteiger partial charge < -0.3 is 15.0 Å². The topological polar surface area (TPSA) is 41.6 Å². The van der Waals surface area contributed by atoms with Crippen LogP contribution in [0.3, 0.4) is 0 Å². The second kappa shape index (κ2) is 6.84. The molecule has 4 nitrogen and oxygen atoms in total. The van der Waals surface area contributed by atoms with Crippen molar-refractivity contribution in [3.8, 4) is 5.75 Å². The Labute approximate surface area is 134 Å². The minimum absolute atomic E-state index is 0.0340. The highest BCUT2D eigenvalue weighted by atomic mass is 35.5. The molecule has 0 unspecified atom stereocenters. The lowest BCUT2D eigenvalue weighted by atomic mass is 9.92. The molecular formula is C16H20ClFN2O2. The minimum atomic E-state index is -0.420. The van der Waals surface area contributed by atoms with Gasteiger partial charge in [0.25, 0.3) is 5.91 Å². The number of carbonyl (C=O) groups is 1. The number of nitrogens with one attached hydrogen (secondary N) is 1. The van der Waals surface area contributed by atoms with Crippen LogP contribution in [0.5, 0.6) is 5.75 Å². The highest BCUT2D eigenvalue weighted by Crippen LogP contribution is 2.28. The number of hydrogen-bond donors (Lipinski definition) is 1. The van der Waals surface area contributed by atoms with Gasteiger partial charge in [0, 0.05) is 13.1 Å². The molecule has 0 aromatic heterocycles. The van der Waals surface area contributed by atoms with Crippen molar-refractivity contribution >= 4 is 17.5 Å². The molecule has 0 radical (unpaired) electrons. The maximum atomic E-state index is 13.0. The smallest absolute Gasteiger partial charge is 0.260 e. The summed E-state index contributed by atoms with van der Waals surface area (Å²) < 4.78 is 18.4. The van der Waals surface area contributed by atoms with Gasteiger partial charge in [-0.2, -0.15) is 0 Å². The Morgan fingerprint density at radius 2 is 2.00 bits per heavy atom. The van der Waals surface area contributed by atoms with Crippen LogP contribution in [0.4, 0.5) is 4.39 Å². The number of benzene rings is 1. The maximum Gasteiger partial charge on any atom is 0.260 e. The fourth-order valence-corrected chi connectivity index (χ4v) is 3.51. The first-order valence-electron chi connectivity index (χ1n) is 7.70. The standard InChI is InChI=1S/C16H20ClFN2O2/c17-14-7-13(18)1-2-15(14)22-10-16(21)20-5-3-11-8-19-9-12(11)4-6-20/h1-2,7,11-12,19H,3-6,8-10H2/t11-,12+. The van der Waals surface area contributed by atoms with E-state index in [-0.39, 0.29) is 17.5 Å². The summed E-state index contributed by atoms with van der Waals surface area (Å²) >= 11 is 5.89. The molecule has 2 aliphatic rings. The molecule has 1 N–H and O–H groups in total. The van der Waals surface area contributed by atoms with E-state index in [4.69, 9.17) is 16.3 Å². The van der Waals surface area contributed by atoms with Crippen molar-refractivity contribution in [3.63, 3.8) is 0 Å². The first kappa shape index (κ1) is 15.6. The Morgan fingerprint density at radius 3 is 2.64 bits per heavy atom.